The molecule has 4 rings (SSSR count). The van der Waals surface area contributed by atoms with Gasteiger partial charge in [-0.1, -0.05) is 29.8 Å². The van der Waals surface area contributed by atoms with Crippen molar-refractivity contribution in [3.8, 4) is 0 Å². The molecule has 0 aliphatic carbocycles. The van der Waals surface area contributed by atoms with Gasteiger partial charge in [0, 0.05) is 29.0 Å². The highest BCUT2D eigenvalue weighted by Crippen LogP contribution is 2.26. The second-order valence-corrected chi connectivity index (χ2v) is 9.07. The first kappa shape index (κ1) is 21.7. The number of fused-ring (bicyclic) bond motifs is 1. The summed E-state index contributed by atoms with van der Waals surface area (Å²) in [6, 6.07) is 8.84. The molecule has 0 spiro atoms. The van der Waals surface area contributed by atoms with Crippen LogP contribution in [-0.2, 0) is 0 Å². The molecule has 5 nitrogen and oxygen atoms in total. The molecule has 2 heterocycles. The molecule has 2 aromatic carbocycles. The van der Waals surface area contributed by atoms with Crippen LogP contribution in [-0.4, -0.2) is 29.0 Å². The summed E-state index contributed by atoms with van der Waals surface area (Å²) >= 11 is 3.42. The predicted octanol–water partition coefficient (Wildman–Crippen LogP) is 5.60. The van der Waals surface area contributed by atoms with Gasteiger partial charge in [0.1, 0.15) is 11.6 Å². The lowest BCUT2D eigenvalue weighted by Gasteiger charge is -2.19. The molecule has 0 bridgehead atoms. The van der Waals surface area contributed by atoms with Crippen LogP contribution < -0.4 is 10.5 Å². The van der Waals surface area contributed by atoms with Crippen LogP contribution in [0, 0.1) is 12.7 Å². The van der Waals surface area contributed by atoms with E-state index in [9.17, 15) is 9.18 Å². The van der Waals surface area contributed by atoms with E-state index in [0.717, 1.165) is 42.4 Å². The zero-order valence-corrected chi connectivity index (χ0v) is 19.6. The van der Waals surface area contributed by atoms with E-state index in [1.807, 2.05) is 39.0 Å². The molecule has 0 N–H and O–H groups in total. The van der Waals surface area contributed by atoms with Crippen molar-refractivity contribution < 1.29 is 4.39 Å². The Hall–Kier alpha value is -2.54. The largest absolute Gasteiger partial charge is 0.369 e. The molecule has 7 heteroatoms. The molecule has 1 aliphatic rings. The fourth-order valence-electron chi connectivity index (χ4n) is 3.92. The van der Waals surface area contributed by atoms with Crippen molar-refractivity contribution in [2.24, 2.45) is 5.10 Å². The molecule has 1 saturated heterocycles. The van der Waals surface area contributed by atoms with Crippen LogP contribution in [0.15, 0.2) is 44.7 Å². The van der Waals surface area contributed by atoms with Crippen molar-refractivity contribution in [3.63, 3.8) is 0 Å². The Balaban J connectivity index is 1.79. The zero-order valence-electron chi connectivity index (χ0n) is 18.0. The van der Waals surface area contributed by atoms with Crippen LogP contribution in [0.3, 0.4) is 0 Å². The quantitative estimate of drug-likeness (QED) is 0.442. The Morgan fingerprint density at radius 1 is 1.26 bits per heavy atom. The van der Waals surface area contributed by atoms with Gasteiger partial charge in [-0.05, 0) is 62.1 Å². The van der Waals surface area contributed by atoms with E-state index in [4.69, 9.17) is 4.98 Å². The molecule has 1 aliphatic heterocycles. The number of benzene rings is 2. The monoisotopic (exact) mass is 484 g/mol. The first-order valence-corrected chi connectivity index (χ1v) is 11.5. The molecular formula is C24H26BrFN4O. The lowest BCUT2D eigenvalue weighted by atomic mass is 10.1. The average Bonchev–Trinajstić information content (AvgIpc) is 3.29. The van der Waals surface area contributed by atoms with Crippen molar-refractivity contribution in [1.29, 1.82) is 0 Å². The molecule has 31 heavy (non-hydrogen) atoms. The first-order valence-electron chi connectivity index (χ1n) is 10.7. The van der Waals surface area contributed by atoms with Gasteiger partial charge in [0.15, 0.2) is 0 Å². The SMILES string of the molecule is CC[C@H](C)c1nc2ccc(Br)cc2c(=O)n1N=Cc1cc(F)c(N2CCCC2)cc1C. The highest BCUT2D eigenvalue weighted by Gasteiger charge is 2.18. The minimum Gasteiger partial charge on any atom is -0.369 e. The van der Waals surface area contributed by atoms with Crippen molar-refractivity contribution in [2.75, 3.05) is 18.0 Å². The number of hydrogen-bond acceptors (Lipinski definition) is 4. The zero-order chi connectivity index (χ0) is 22.1. The number of aromatic nitrogens is 2. The van der Waals surface area contributed by atoms with E-state index >= 15 is 0 Å². The number of hydrogen-bond donors (Lipinski definition) is 0. The summed E-state index contributed by atoms with van der Waals surface area (Å²) in [5.74, 6) is 0.391. The number of rotatable bonds is 5. The van der Waals surface area contributed by atoms with Crippen LogP contribution in [0.2, 0.25) is 0 Å². The van der Waals surface area contributed by atoms with Crippen LogP contribution in [0.1, 0.15) is 56.0 Å². The van der Waals surface area contributed by atoms with Gasteiger partial charge < -0.3 is 4.90 Å². The maximum atomic E-state index is 14.8. The van der Waals surface area contributed by atoms with Crippen molar-refractivity contribution in [1.82, 2.24) is 9.66 Å². The number of halogens is 2. The summed E-state index contributed by atoms with van der Waals surface area (Å²) in [4.78, 5) is 20.0. The molecule has 1 fully saturated rings. The second kappa shape index (κ2) is 8.91. The lowest BCUT2D eigenvalue weighted by Crippen LogP contribution is -2.24. The minimum atomic E-state index is -0.260. The Kier molecular flexibility index (Phi) is 6.23. The van der Waals surface area contributed by atoms with E-state index in [0.29, 0.717) is 28.0 Å². The van der Waals surface area contributed by atoms with Crippen LogP contribution >= 0.6 is 15.9 Å². The molecule has 0 saturated carbocycles. The van der Waals surface area contributed by atoms with Gasteiger partial charge in [0.2, 0.25) is 0 Å². The third-order valence-corrected chi connectivity index (χ3v) is 6.47. The van der Waals surface area contributed by atoms with Crippen LogP contribution in [0.5, 0.6) is 0 Å². The van der Waals surface area contributed by atoms with Crippen molar-refractivity contribution in [3.05, 3.63) is 67.9 Å². The molecule has 162 valence electrons. The summed E-state index contributed by atoms with van der Waals surface area (Å²) in [7, 11) is 0. The molecular weight excluding hydrogens is 459 g/mol. The summed E-state index contributed by atoms with van der Waals surface area (Å²) in [5, 5.41) is 4.97. The molecule has 3 aromatic rings. The standard InChI is InChI=1S/C24H26BrFN4O/c1-4-15(2)23-28-21-8-7-18(25)13-19(21)24(31)30(23)27-14-17-12-20(26)22(11-16(17)3)29-9-5-6-10-29/h7-8,11-15H,4-6,9-10H2,1-3H3/t15-/m0/s1. The maximum absolute atomic E-state index is 14.8. The first-order chi connectivity index (χ1) is 14.9. The smallest absolute Gasteiger partial charge is 0.282 e. The third kappa shape index (κ3) is 4.28. The number of nitrogens with zero attached hydrogens (tertiary/aromatic N) is 4. The molecule has 1 aromatic heterocycles. The summed E-state index contributed by atoms with van der Waals surface area (Å²) in [5.41, 5.74) is 2.62. The van der Waals surface area contributed by atoms with Gasteiger partial charge in [-0.25, -0.2) is 9.37 Å². The van der Waals surface area contributed by atoms with Crippen molar-refractivity contribution >= 4 is 38.7 Å². The molecule has 1 atom stereocenters. The molecule has 0 radical (unpaired) electrons. The summed E-state index contributed by atoms with van der Waals surface area (Å²) < 4.78 is 17.0. The Morgan fingerprint density at radius 2 is 2.00 bits per heavy atom. The Morgan fingerprint density at radius 3 is 2.71 bits per heavy atom. The summed E-state index contributed by atoms with van der Waals surface area (Å²) in [6.45, 7) is 7.78. The average molecular weight is 485 g/mol. The predicted molar refractivity (Wildman–Crippen MR) is 128 cm³/mol. The number of anilines is 1. The van der Waals surface area contributed by atoms with E-state index in [1.54, 1.807) is 12.3 Å². The van der Waals surface area contributed by atoms with E-state index < -0.39 is 0 Å². The Bertz CT molecular complexity index is 1210. The van der Waals surface area contributed by atoms with Gasteiger partial charge in [-0.15, -0.1) is 0 Å². The van der Waals surface area contributed by atoms with E-state index in [2.05, 4.69) is 25.9 Å². The van der Waals surface area contributed by atoms with Crippen LogP contribution in [0.4, 0.5) is 10.1 Å². The van der Waals surface area contributed by atoms with Gasteiger partial charge in [-0.3, -0.25) is 4.79 Å². The van der Waals surface area contributed by atoms with E-state index in [1.165, 1.54) is 10.7 Å². The minimum absolute atomic E-state index is 0.0493. The summed E-state index contributed by atoms with van der Waals surface area (Å²) in [6.07, 6.45) is 4.56. The van der Waals surface area contributed by atoms with Gasteiger partial charge in [0.25, 0.3) is 5.56 Å². The second-order valence-electron chi connectivity index (χ2n) is 8.16. The van der Waals surface area contributed by atoms with Gasteiger partial charge in [-0.2, -0.15) is 9.78 Å². The van der Waals surface area contributed by atoms with Crippen molar-refractivity contribution in [2.45, 2.75) is 46.0 Å². The maximum Gasteiger partial charge on any atom is 0.282 e. The van der Waals surface area contributed by atoms with Crippen LogP contribution in [0.25, 0.3) is 10.9 Å². The van der Waals surface area contributed by atoms with Gasteiger partial charge >= 0.3 is 0 Å². The van der Waals surface area contributed by atoms with E-state index in [-0.39, 0.29) is 17.3 Å². The third-order valence-electron chi connectivity index (χ3n) is 5.98. The topological polar surface area (TPSA) is 50.5 Å². The normalized spacial score (nSPS) is 15.3. The molecule has 0 unspecified atom stereocenters. The molecule has 0 amide bonds. The lowest BCUT2D eigenvalue weighted by molar-refractivity contribution is 0.613. The fourth-order valence-corrected chi connectivity index (χ4v) is 4.28. The fraction of sp³-hybridized carbons (Fsp3) is 0.375. The highest BCUT2D eigenvalue weighted by molar-refractivity contribution is 9.10. The van der Waals surface area contributed by atoms with Gasteiger partial charge in [0.05, 0.1) is 22.8 Å². The Labute approximate surface area is 189 Å². The highest BCUT2D eigenvalue weighted by atomic mass is 79.9. The number of aryl methyl sites for hydroxylation is 1.